The first-order valence-corrected chi connectivity index (χ1v) is 6.03. The number of ether oxygens (including phenoxy) is 1. The molecule has 2 nitrogen and oxygen atoms in total. The van der Waals surface area contributed by atoms with E-state index in [1.54, 1.807) is 7.11 Å². The van der Waals surface area contributed by atoms with Gasteiger partial charge in [0.05, 0.1) is 13.2 Å². The lowest BCUT2D eigenvalue weighted by molar-refractivity contribution is 0.184. The highest BCUT2D eigenvalue weighted by Gasteiger charge is 2.02. The second-order valence-corrected chi connectivity index (χ2v) is 4.43. The van der Waals surface area contributed by atoms with E-state index in [1.807, 2.05) is 24.3 Å². The van der Waals surface area contributed by atoms with Crippen molar-refractivity contribution < 1.29 is 9.84 Å². The summed E-state index contributed by atoms with van der Waals surface area (Å²) in [7, 11) is 1.71. The van der Waals surface area contributed by atoms with E-state index in [4.69, 9.17) is 9.84 Å². The second kappa shape index (κ2) is 5.80. The van der Waals surface area contributed by atoms with E-state index in [9.17, 15) is 0 Å². The Labute approximate surface area is 108 Å². The maximum atomic E-state index is 9.03. The molecule has 0 aromatic heterocycles. The fourth-order valence-electron chi connectivity index (χ4n) is 1.96. The SMILES string of the molecule is COCc1cc(-c2ccc(CO)cc2)ccc1C. The Balaban J connectivity index is 2.34. The summed E-state index contributed by atoms with van der Waals surface area (Å²) >= 11 is 0. The lowest BCUT2D eigenvalue weighted by Crippen LogP contribution is -1.92. The fraction of sp³-hybridized carbons (Fsp3) is 0.250. The van der Waals surface area contributed by atoms with Gasteiger partial charge in [0, 0.05) is 7.11 Å². The standard InChI is InChI=1S/C16H18O2/c1-12-3-6-15(9-16(12)11-18-2)14-7-4-13(10-17)5-8-14/h3-9,17H,10-11H2,1-2H3. The van der Waals surface area contributed by atoms with Crippen molar-refractivity contribution in [2.75, 3.05) is 7.11 Å². The molecule has 2 heteroatoms. The number of methoxy groups -OCH3 is 1. The number of rotatable bonds is 4. The zero-order valence-electron chi connectivity index (χ0n) is 10.8. The van der Waals surface area contributed by atoms with Gasteiger partial charge in [0.1, 0.15) is 0 Å². The summed E-state index contributed by atoms with van der Waals surface area (Å²) in [5.74, 6) is 0. The quantitative estimate of drug-likeness (QED) is 0.891. The first-order chi connectivity index (χ1) is 8.74. The molecule has 0 aliphatic rings. The Morgan fingerprint density at radius 3 is 2.28 bits per heavy atom. The first kappa shape index (κ1) is 12.8. The first-order valence-electron chi connectivity index (χ1n) is 6.03. The number of aryl methyl sites for hydroxylation is 1. The minimum atomic E-state index is 0.0864. The van der Waals surface area contributed by atoms with Gasteiger partial charge < -0.3 is 9.84 Å². The van der Waals surface area contributed by atoms with Crippen LogP contribution in [-0.2, 0) is 18.0 Å². The van der Waals surface area contributed by atoms with Crippen molar-refractivity contribution in [3.8, 4) is 11.1 Å². The van der Waals surface area contributed by atoms with Gasteiger partial charge in [-0.2, -0.15) is 0 Å². The molecule has 0 saturated heterocycles. The van der Waals surface area contributed by atoms with E-state index in [1.165, 1.54) is 16.7 Å². The van der Waals surface area contributed by atoms with E-state index in [2.05, 4.69) is 25.1 Å². The van der Waals surface area contributed by atoms with E-state index < -0.39 is 0 Å². The lowest BCUT2D eigenvalue weighted by Gasteiger charge is -2.09. The molecule has 0 saturated carbocycles. The highest BCUT2D eigenvalue weighted by molar-refractivity contribution is 5.65. The molecular weight excluding hydrogens is 224 g/mol. The number of benzene rings is 2. The molecule has 2 aromatic carbocycles. The van der Waals surface area contributed by atoms with Gasteiger partial charge in [0.2, 0.25) is 0 Å². The van der Waals surface area contributed by atoms with Crippen molar-refractivity contribution in [1.29, 1.82) is 0 Å². The van der Waals surface area contributed by atoms with Gasteiger partial charge in [-0.25, -0.2) is 0 Å². The van der Waals surface area contributed by atoms with Gasteiger partial charge in [0.15, 0.2) is 0 Å². The van der Waals surface area contributed by atoms with Crippen molar-refractivity contribution in [2.45, 2.75) is 20.1 Å². The summed E-state index contributed by atoms with van der Waals surface area (Å²) in [5.41, 5.74) is 5.72. The zero-order chi connectivity index (χ0) is 13.0. The average Bonchev–Trinajstić information content (AvgIpc) is 2.42. The largest absolute Gasteiger partial charge is 0.392 e. The van der Waals surface area contributed by atoms with Gasteiger partial charge in [0.25, 0.3) is 0 Å². The smallest absolute Gasteiger partial charge is 0.0715 e. The molecule has 0 aliphatic heterocycles. The zero-order valence-corrected chi connectivity index (χ0v) is 10.8. The third-order valence-electron chi connectivity index (χ3n) is 3.12. The molecule has 0 bridgehead atoms. The Bertz CT molecular complexity index is 515. The van der Waals surface area contributed by atoms with Gasteiger partial charge >= 0.3 is 0 Å². The monoisotopic (exact) mass is 242 g/mol. The minimum Gasteiger partial charge on any atom is -0.392 e. The van der Waals surface area contributed by atoms with Gasteiger partial charge in [-0.3, -0.25) is 0 Å². The molecule has 0 atom stereocenters. The van der Waals surface area contributed by atoms with Crippen LogP contribution in [0.15, 0.2) is 42.5 Å². The summed E-state index contributed by atoms with van der Waals surface area (Å²) in [6.45, 7) is 2.81. The Morgan fingerprint density at radius 2 is 1.67 bits per heavy atom. The maximum absolute atomic E-state index is 9.03. The van der Waals surface area contributed by atoms with Gasteiger partial charge in [-0.05, 0) is 40.8 Å². The van der Waals surface area contributed by atoms with E-state index in [0.29, 0.717) is 6.61 Å². The van der Waals surface area contributed by atoms with Crippen molar-refractivity contribution in [3.63, 3.8) is 0 Å². The van der Waals surface area contributed by atoms with Crippen molar-refractivity contribution in [2.24, 2.45) is 0 Å². The van der Waals surface area contributed by atoms with Crippen LogP contribution in [0, 0.1) is 6.92 Å². The number of hydrogen-bond acceptors (Lipinski definition) is 2. The summed E-state index contributed by atoms with van der Waals surface area (Å²) < 4.78 is 5.20. The van der Waals surface area contributed by atoms with E-state index >= 15 is 0 Å². The third kappa shape index (κ3) is 2.78. The topological polar surface area (TPSA) is 29.5 Å². The van der Waals surface area contributed by atoms with Crippen LogP contribution in [-0.4, -0.2) is 12.2 Å². The summed E-state index contributed by atoms with van der Waals surface area (Å²) in [6.07, 6.45) is 0. The summed E-state index contributed by atoms with van der Waals surface area (Å²) in [5, 5.41) is 9.03. The van der Waals surface area contributed by atoms with E-state index in [0.717, 1.165) is 11.1 Å². The third-order valence-corrected chi connectivity index (χ3v) is 3.12. The van der Waals surface area contributed by atoms with Crippen LogP contribution in [0.4, 0.5) is 0 Å². The van der Waals surface area contributed by atoms with Gasteiger partial charge in [-0.1, -0.05) is 36.4 Å². The van der Waals surface area contributed by atoms with Crippen molar-refractivity contribution in [1.82, 2.24) is 0 Å². The van der Waals surface area contributed by atoms with Crippen LogP contribution >= 0.6 is 0 Å². The minimum absolute atomic E-state index is 0.0864. The molecule has 0 unspecified atom stereocenters. The average molecular weight is 242 g/mol. The molecule has 0 aliphatic carbocycles. The Hall–Kier alpha value is -1.64. The fourth-order valence-corrected chi connectivity index (χ4v) is 1.96. The second-order valence-electron chi connectivity index (χ2n) is 4.43. The lowest BCUT2D eigenvalue weighted by atomic mass is 9.99. The van der Waals surface area contributed by atoms with Crippen LogP contribution in [0.2, 0.25) is 0 Å². The van der Waals surface area contributed by atoms with E-state index in [-0.39, 0.29) is 6.61 Å². The number of aliphatic hydroxyl groups is 1. The molecule has 0 fully saturated rings. The maximum Gasteiger partial charge on any atom is 0.0715 e. The Kier molecular flexibility index (Phi) is 4.13. The molecule has 0 heterocycles. The van der Waals surface area contributed by atoms with Crippen molar-refractivity contribution in [3.05, 3.63) is 59.2 Å². The van der Waals surface area contributed by atoms with Crippen molar-refractivity contribution >= 4 is 0 Å². The number of aliphatic hydroxyl groups excluding tert-OH is 1. The van der Waals surface area contributed by atoms with Crippen LogP contribution in [0.3, 0.4) is 0 Å². The Morgan fingerprint density at radius 1 is 1.00 bits per heavy atom. The molecule has 0 spiro atoms. The summed E-state index contributed by atoms with van der Waals surface area (Å²) in [6, 6.07) is 14.4. The molecule has 94 valence electrons. The van der Waals surface area contributed by atoms with Gasteiger partial charge in [-0.15, -0.1) is 0 Å². The molecule has 2 aromatic rings. The molecule has 0 radical (unpaired) electrons. The van der Waals surface area contributed by atoms with Crippen LogP contribution in [0.5, 0.6) is 0 Å². The van der Waals surface area contributed by atoms with Crippen LogP contribution < -0.4 is 0 Å². The molecule has 18 heavy (non-hydrogen) atoms. The normalized spacial score (nSPS) is 10.6. The highest BCUT2D eigenvalue weighted by atomic mass is 16.5. The van der Waals surface area contributed by atoms with Crippen LogP contribution in [0.1, 0.15) is 16.7 Å². The molecule has 1 N–H and O–H groups in total. The predicted molar refractivity (Wildman–Crippen MR) is 73.3 cm³/mol. The molecule has 0 amide bonds. The highest BCUT2D eigenvalue weighted by Crippen LogP contribution is 2.23. The molecule has 2 rings (SSSR count). The number of hydrogen-bond donors (Lipinski definition) is 1. The predicted octanol–water partition coefficient (Wildman–Crippen LogP) is 3.30. The molecular formula is C16H18O2. The summed E-state index contributed by atoms with van der Waals surface area (Å²) in [4.78, 5) is 0. The van der Waals surface area contributed by atoms with Crippen LogP contribution in [0.25, 0.3) is 11.1 Å².